The Labute approximate surface area is 150 Å². The van der Waals surface area contributed by atoms with Crippen LogP contribution in [0.3, 0.4) is 0 Å². The van der Waals surface area contributed by atoms with Gasteiger partial charge in [0.2, 0.25) is 0 Å². The van der Waals surface area contributed by atoms with Crippen LogP contribution in [0.5, 0.6) is 0 Å². The second kappa shape index (κ2) is 5.67. The van der Waals surface area contributed by atoms with Gasteiger partial charge in [0, 0.05) is 0 Å². The second-order valence-corrected chi connectivity index (χ2v) is 9.82. The molecule has 2 aliphatic heterocycles. The first-order valence-corrected chi connectivity index (χ1v) is 9.79. The number of carbonyl (C=O) groups is 1. The highest BCUT2D eigenvalue weighted by Gasteiger charge is 2.63. The molecule has 2 heterocycles. The lowest BCUT2D eigenvalue weighted by Crippen LogP contribution is -2.43. The lowest BCUT2D eigenvalue weighted by Gasteiger charge is -2.36. The normalized spacial score (nSPS) is 48.0. The molecule has 2 saturated carbocycles. The van der Waals surface area contributed by atoms with E-state index < -0.39 is 0 Å². The van der Waals surface area contributed by atoms with Gasteiger partial charge in [0.15, 0.2) is 0 Å². The van der Waals surface area contributed by atoms with Gasteiger partial charge in [-0.3, -0.25) is 4.79 Å². The summed E-state index contributed by atoms with van der Waals surface area (Å²) in [6.45, 7) is 11.2. The SMILES string of the molecule is CC(COC1CC(C)(C)CC2OC12C)OC(=O)C1CCC2(C)OC2C1. The van der Waals surface area contributed by atoms with Gasteiger partial charge < -0.3 is 18.9 Å². The van der Waals surface area contributed by atoms with Crippen LogP contribution < -0.4 is 0 Å². The molecule has 4 rings (SSSR count). The molecule has 7 unspecified atom stereocenters. The van der Waals surface area contributed by atoms with Crippen LogP contribution in [-0.4, -0.2) is 48.2 Å². The minimum absolute atomic E-state index is 0.0229. The maximum Gasteiger partial charge on any atom is 0.309 e. The van der Waals surface area contributed by atoms with E-state index in [4.69, 9.17) is 18.9 Å². The van der Waals surface area contributed by atoms with Crippen LogP contribution in [0.4, 0.5) is 0 Å². The average molecular weight is 352 g/mol. The molecule has 7 atom stereocenters. The van der Waals surface area contributed by atoms with Crippen LogP contribution >= 0.6 is 0 Å². The fourth-order valence-corrected chi connectivity index (χ4v) is 4.75. The Bertz CT molecular complexity index is 560. The molecule has 0 amide bonds. The molecular weight excluding hydrogens is 320 g/mol. The van der Waals surface area contributed by atoms with Crippen LogP contribution in [0.2, 0.25) is 0 Å². The van der Waals surface area contributed by atoms with Crippen molar-refractivity contribution in [2.24, 2.45) is 11.3 Å². The van der Waals surface area contributed by atoms with Gasteiger partial charge in [-0.15, -0.1) is 0 Å². The zero-order valence-electron chi connectivity index (χ0n) is 16.2. The van der Waals surface area contributed by atoms with Gasteiger partial charge in [-0.1, -0.05) is 13.8 Å². The van der Waals surface area contributed by atoms with Crippen molar-refractivity contribution in [3.05, 3.63) is 0 Å². The van der Waals surface area contributed by atoms with Crippen molar-refractivity contribution >= 4 is 5.97 Å². The fourth-order valence-electron chi connectivity index (χ4n) is 4.75. The maximum atomic E-state index is 12.4. The molecule has 4 aliphatic rings. The maximum absolute atomic E-state index is 12.4. The number of hydrogen-bond donors (Lipinski definition) is 0. The van der Waals surface area contributed by atoms with E-state index in [1.807, 2.05) is 6.92 Å². The zero-order valence-corrected chi connectivity index (χ0v) is 16.2. The summed E-state index contributed by atoms with van der Waals surface area (Å²) in [5.74, 6) is -0.116. The zero-order chi connectivity index (χ0) is 18.0. The number of hydrogen-bond acceptors (Lipinski definition) is 5. The monoisotopic (exact) mass is 352 g/mol. The molecule has 2 saturated heterocycles. The quantitative estimate of drug-likeness (QED) is 0.561. The summed E-state index contributed by atoms with van der Waals surface area (Å²) < 4.78 is 23.4. The molecule has 5 nitrogen and oxygen atoms in total. The van der Waals surface area contributed by atoms with E-state index in [-0.39, 0.29) is 46.8 Å². The van der Waals surface area contributed by atoms with Crippen LogP contribution in [-0.2, 0) is 23.7 Å². The summed E-state index contributed by atoms with van der Waals surface area (Å²) in [6, 6.07) is 0. The van der Waals surface area contributed by atoms with Gasteiger partial charge in [-0.25, -0.2) is 0 Å². The van der Waals surface area contributed by atoms with Gasteiger partial charge in [0.25, 0.3) is 0 Å². The summed E-state index contributed by atoms with van der Waals surface area (Å²) in [7, 11) is 0. The second-order valence-electron chi connectivity index (χ2n) is 9.82. The van der Waals surface area contributed by atoms with Crippen LogP contribution in [0.25, 0.3) is 0 Å². The summed E-state index contributed by atoms with van der Waals surface area (Å²) >= 11 is 0. The minimum atomic E-state index is -0.230. The van der Waals surface area contributed by atoms with Gasteiger partial charge in [0.1, 0.15) is 11.7 Å². The highest BCUT2D eigenvalue weighted by atomic mass is 16.6. The number of ether oxygens (including phenoxy) is 4. The minimum Gasteiger partial charge on any atom is -0.460 e. The third-order valence-electron chi connectivity index (χ3n) is 6.80. The smallest absolute Gasteiger partial charge is 0.309 e. The molecule has 25 heavy (non-hydrogen) atoms. The topological polar surface area (TPSA) is 60.6 Å². The van der Waals surface area contributed by atoms with Crippen LogP contribution in [0, 0.1) is 11.3 Å². The molecule has 0 bridgehead atoms. The van der Waals surface area contributed by atoms with Crippen LogP contribution in [0.1, 0.15) is 66.7 Å². The summed E-state index contributed by atoms with van der Waals surface area (Å²) in [5, 5.41) is 0. The third-order valence-corrected chi connectivity index (χ3v) is 6.80. The van der Waals surface area contributed by atoms with Crippen molar-refractivity contribution in [3.63, 3.8) is 0 Å². The molecular formula is C20H32O5. The predicted octanol–water partition coefficient (Wildman–Crippen LogP) is 3.24. The number of carbonyl (C=O) groups excluding carboxylic acids is 1. The van der Waals surface area contributed by atoms with E-state index in [1.54, 1.807) is 0 Å². The number of rotatable bonds is 5. The van der Waals surface area contributed by atoms with Crippen LogP contribution in [0.15, 0.2) is 0 Å². The van der Waals surface area contributed by atoms with E-state index in [1.165, 1.54) is 0 Å². The highest BCUT2D eigenvalue weighted by molar-refractivity contribution is 5.73. The predicted molar refractivity (Wildman–Crippen MR) is 92.2 cm³/mol. The Balaban J connectivity index is 1.24. The first-order valence-electron chi connectivity index (χ1n) is 9.79. The average Bonchev–Trinajstić information content (AvgIpc) is 3.37. The fraction of sp³-hybridized carbons (Fsp3) is 0.950. The van der Waals surface area contributed by atoms with E-state index in [9.17, 15) is 4.79 Å². The lowest BCUT2D eigenvalue weighted by molar-refractivity contribution is -0.159. The van der Waals surface area contributed by atoms with Crippen molar-refractivity contribution in [2.45, 2.75) is 102 Å². The molecule has 0 aromatic heterocycles. The molecule has 142 valence electrons. The lowest BCUT2D eigenvalue weighted by atomic mass is 9.72. The van der Waals surface area contributed by atoms with Gasteiger partial charge >= 0.3 is 5.97 Å². The van der Waals surface area contributed by atoms with Gasteiger partial charge in [0.05, 0.1) is 36.4 Å². The molecule has 0 N–H and O–H groups in total. The molecule has 2 aliphatic carbocycles. The van der Waals surface area contributed by atoms with Gasteiger partial charge in [-0.05, 0) is 58.3 Å². The summed E-state index contributed by atoms with van der Waals surface area (Å²) in [4.78, 5) is 12.4. The number of esters is 1. The van der Waals surface area contributed by atoms with Crippen molar-refractivity contribution in [1.82, 2.24) is 0 Å². The standard InChI is InChI=1S/C20H32O5/c1-12(23-17(21)13-6-7-19(4)14(8-13)24-19)11-22-15-9-18(2,3)10-16-20(15,5)25-16/h12-16H,6-11H2,1-5H3. The first kappa shape index (κ1) is 17.7. The Morgan fingerprint density at radius 1 is 1.16 bits per heavy atom. The highest BCUT2D eigenvalue weighted by Crippen LogP contribution is 2.54. The Morgan fingerprint density at radius 3 is 2.64 bits per heavy atom. The van der Waals surface area contributed by atoms with E-state index in [0.29, 0.717) is 12.7 Å². The van der Waals surface area contributed by atoms with E-state index in [2.05, 4.69) is 27.7 Å². The summed E-state index contributed by atoms with van der Waals surface area (Å²) in [6.07, 6.45) is 5.11. The molecule has 0 aromatic carbocycles. The van der Waals surface area contributed by atoms with E-state index >= 15 is 0 Å². The molecule has 5 heteroatoms. The molecule has 0 radical (unpaired) electrons. The number of epoxide rings is 2. The summed E-state index contributed by atoms with van der Waals surface area (Å²) in [5.41, 5.74) is 0.135. The number of fused-ring (bicyclic) bond motifs is 2. The van der Waals surface area contributed by atoms with Crippen molar-refractivity contribution in [3.8, 4) is 0 Å². The van der Waals surface area contributed by atoms with Crippen molar-refractivity contribution in [1.29, 1.82) is 0 Å². The Morgan fingerprint density at radius 2 is 1.92 bits per heavy atom. The molecule has 0 spiro atoms. The molecule has 0 aromatic rings. The van der Waals surface area contributed by atoms with Gasteiger partial charge in [-0.2, -0.15) is 0 Å². The van der Waals surface area contributed by atoms with Crippen molar-refractivity contribution in [2.75, 3.05) is 6.61 Å². The Kier molecular flexibility index (Phi) is 4.03. The van der Waals surface area contributed by atoms with Crippen molar-refractivity contribution < 1.29 is 23.7 Å². The largest absolute Gasteiger partial charge is 0.460 e. The first-order chi connectivity index (χ1) is 11.6. The van der Waals surface area contributed by atoms with E-state index in [0.717, 1.165) is 32.1 Å². The Hall–Kier alpha value is -0.650. The molecule has 4 fully saturated rings. The third kappa shape index (κ3) is 3.35.